The Balaban J connectivity index is 2.48. The van der Waals surface area contributed by atoms with Gasteiger partial charge in [-0.25, -0.2) is 17.6 Å². The summed E-state index contributed by atoms with van der Waals surface area (Å²) in [5, 5.41) is -1.44. The Bertz CT molecular complexity index is 946. The summed E-state index contributed by atoms with van der Waals surface area (Å²) in [5.41, 5.74) is -1.63. The van der Waals surface area contributed by atoms with E-state index in [4.69, 9.17) is 12.2 Å². The van der Waals surface area contributed by atoms with Gasteiger partial charge in [-0.3, -0.25) is 4.79 Å². The summed E-state index contributed by atoms with van der Waals surface area (Å²) in [6.07, 6.45) is -5.73. The highest BCUT2D eigenvalue weighted by atomic mass is 32.2. The molecule has 0 saturated carbocycles. The summed E-state index contributed by atoms with van der Waals surface area (Å²) in [7, 11) is -3.55. The molecule has 0 aliphatic carbocycles. The minimum absolute atomic E-state index is 0.0132. The van der Waals surface area contributed by atoms with Crippen molar-refractivity contribution >= 4 is 38.8 Å². The molecule has 0 N–H and O–H groups in total. The SMILES string of the molecule is COC(=O)[C@@H]1C[C@@H](S(=O)(=O)c2ccc(F)cc2C(F)(F)F)CN1C(=S)CC(C)=O. The molecule has 1 aliphatic heterocycles. The second-order valence-electron chi connectivity index (χ2n) is 6.50. The van der Waals surface area contributed by atoms with Gasteiger partial charge in [0.25, 0.3) is 0 Å². The summed E-state index contributed by atoms with van der Waals surface area (Å²) in [4.78, 5) is 23.5. The van der Waals surface area contributed by atoms with Crippen molar-refractivity contribution < 1.29 is 40.3 Å². The molecule has 1 aromatic rings. The van der Waals surface area contributed by atoms with Gasteiger partial charge in [-0.1, -0.05) is 12.2 Å². The molecular formula is C17H17F4NO5S2. The number of benzene rings is 1. The van der Waals surface area contributed by atoms with Crippen LogP contribution in [-0.2, 0) is 30.3 Å². The lowest BCUT2D eigenvalue weighted by Crippen LogP contribution is -2.41. The van der Waals surface area contributed by atoms with Crippen LogP contribution in [-0.4, -0.2) is 55.0 Å². The Morgan fingerprint density at radius 1 is 1.31 bits per heavy atom. The van der Waals surface area contributed by atoms with E-state index in [0.29, 0.717) is 12.1 Å². The quantitative estimate of drug-likeness (QED) is 0.292. The Labute approximate surface area is 169 Å². The molecule has 12 heteroatoms. The van der Waals surface area contributed by atoms with Crippen LogP contribution in [0, 0.1) is 5.82 Å². The lowest BCUT2D eigenvalue weighted by atomic mass is 10.2. The minimum Gasteiger partial charge on any atom is -0.467 e. The second kappa shape index (κ2) is 8.34. The third kappa shape index (κ3) is 4.92. The second-order valence-corrected chi connectivity index (χ2v) is 9.17. The van der Waals surface area contributed by atoms with Gasteiger partial charge in [-0.05, 0) is 31.5 Å². The smallest absolute Gasteiger partial charge is 0.417 e. The molecule has 1 fully saturated rings. The number of thiocarbonyl (C=S) groups is 1. The van der Waals surface area contributed by atoms with Crippen LogP contribution in [0.2, 0.25) is 0 Å². The van der Waals surface area contributed by atoms with E-state index in [1.165, 1.54) is 11.8 Å². The highest BCUT2D eigenvalue weighted by Crippen LogP contribution is 2.38. The van der Waals surface area contributed by atoms with Gasteiger partial charge in [0.1, 0.15) is 17.6 Å². The number of methoxy groups -OCH3 is 1. The fourth-order valence-corrected chi connectivity index (χ4v) is 5.42. The predicted octanol–water partition coefficient (Wildman–Crippen LogP) is 2.54. The first-order valence-corrected chi connectivity index (χ1v) is 10.2. The molecule has 29 heavy (non-hydrogen) atoms. The Morgan fingerprint density at radius 3 is 2.45 bits per heavy atom. The van der Waals surface area contributed by atoms with Gasteiger partial charge in [0.2, 0.25) is 0 Å². The predicted molar refractivity (Wildman–Crippen MR) is 97.4 cm³/mol. The number of halogens is 4. The van der Waals surface area contributed by atoms with E-state index < -0.39 is 56.1 Å². The number of carbonyl (C=O) groups is 2. The number of alkyl halides is 3. The van der Waals surface area contributed by atoms with Crippen LogP contribution < -0.4 is 0 Å². The monoisotopic (exact) mass is 455 g/mol. The Morgan fingerprint density at radius 2 is 1.93 bits per heavy atom. The fourth-order valence-electron chi connectivity index (χ4n) is 3.12. The summed E-state index contributed by atoms with van der Waals surface area (Å²) in [5.74, 6) is -2.40. The van der Waals surface area contributed by atoms with Crippen molar-refractivity contribution in [2.75, 3.05) is 13.7 Å². The zero-order valence-corrected chi connectivity index (χ0v) is 17.0. The maximum Gasteiger partial charge on any atom is 0.417 e. The van der Waals surface area contributed by atoms with Crippen LogP contribution >= 0.6 is 12.2 Å². The van der Waals surface area contributed by atoms with Crippen molar-refractivity contribution in [3.63, 3.8) is 0 Å². The molecule has 1 heterocycles. The number of rotatable bonds is 5. The van der Waals surface area contributed by atoms with Gasteiger partial charge in [-0.15, -0.1) is 0 Å². The van der Waals surface area contributed by atoms with E-state index in [9.17, 15) is 35.6 Å². The van der Waals surface area contributed by atoms with Gasteiger partial charge in [0, 0.05) is 6.54 Å². The Kier molecular flexibility index (Phi) is 6.68. The van der Waals surface area contributed by atoms with Gasteiger partial charge in [0.15, 0.2) is 9.84 Å². The van der Waals surface area contributed by atoms with Crippen LogP contribution in [0.25, 0.3) is 0 Å². The average molecular weight is 455 g/mol. The van der Waals surface area contributed by atoms with E-state index in [1.54, 1.807) is 0 Å². The molecule has 2 rings (SSSR count). The van der Waals surface area contributed by atoms with Crippen LogP contribution in [0.15, 0.2) is 23.1 Å². The number of sulfone groups is 1. The van der Waals surface area contributed by atoms with Crippen molar-refractivity contribution in [1.29, 1.82) is 0 Å². The van der Waals surface area contributed by atoms with Gasteiger partial charge in [0.05, 0.1) is 34.2 Å². The van der Waals surface area contributed by atoms with Crippen molar-refractivity contribution in [3.8, 4) is 0 Å². The van der Waals surface area contributed by atoms with Crippen LogP contribution in [0.5, 0.6) is 0 Å². The molecule has 0 amide bonds. The molecule has 0 unspecified atom stereocenters. The number of carbonyl (C=O) groups excluding carboxylic acids is 2. The van der Waals surface area contributed by atoms with E-state index >= 15 is 0 Å². The highest BCUT2D eigenvalue weighted by molar-refractivity contribution is 7.92. The number of nitrogens with zero attached hydrogens (tertiary/aromatic N) is 1. The van der Waals surface area contributed by atoms with Crippen molar-refractivity contribution in [2.24, 2.45) is 0 Å². The number of hydrogen-bond donors (Lipinski definition) is 0. The largest absolute Gasteiger partial charge is 0.467 e. The lowest BCUT2D eigenvalue weighted by Gasteiger charge is -2.24. The molecule has 1 saturated heterocycles. The van der Waals surface area contributed by atoms with Gasteiger partial charge < -0.3 is 9.64 Å². The van der Waals surface area contributed by atoms with E-state index in [-0.39, 0.29) is 29.7 Å². The number of hydrogen-bond acceptors (Lipinski definition) is 6. The van der Waals surface area contributed by atoms with Gasteiger partial charge >= 0.3 is 12.1 Å². The molecule has 1 aromatic carbocycles. The summed E-state index contributed by atoms with van der Waals surface area (Å²) in [6, 6.07) is 0.114. The van der Waals surface area contributed by atoms with Crippen molar-refractivity contribution in [2.45, 2.75) is 42.1 Å². The summed E-state index contributed by atoms with van der Waals surface area (Å²) < 4.78 is 83.7. The van der Waals surface area contributed by atoms with E-state index in [0.717, 1.165) is 7.11 Å². The minimum atomic E-state index is -5.10. The van der Waals surface area contributed by atoms with Crippen LogP contribution in [0.1, 0.15) is 25.3 Å². The van der Waals surface area contributed by atoms with Crippen molar-refractivity contribution in [1.82, 2.24) is 4.90 Å². The number of esters is 1. The Hall–Kier alpha value is -2.08. The number of ether oxygens (including phenoxy) is 1. The molecule has 0 spiro atoms. The first-order valence-electron chi connectivity index (χ1n) is 8.26. The third-order valence-electron chi connectivity index (χ3n) is 4.45. The number of ketones is 1. The van der Waals surface area contributed by atoms with Crippen molar-refractivity contribution in [3.05, 3.63) is 29.6 Å². The normalized spacial score (nSPS) is 19.9. The zero-order chi connectivity index (χ0) is 22.1. The number of Topliss-reactive ketones (excluding diaryl/α,β-unsaturated/α-hetero) is 1. The highest BCUT2D eigenvalue weighted by Gasteiger charge is 2.47. The van der Waals surface area contributed by atoms with Gasteiger partial charge in [-0.2, -0.15) is 13.2 Å². The summed E-state index contributed by atoms with van der Waals surface area (Å²) in [6.45, 7) is 0.848. The molecule has 6 nitrogen and oxygen atoms in total. The standard InChI is InChI=1S/C17H17F4NO5S2/c1-9(23)5-15(28)22-8-11(7-13(22)16(24)27-2)29(25,26)14-4-3-10(18)6-12(14)17(19,20)21/h3-4,6,11,13H,5,7-8H2,1-2H3/t11-,13+/m1/s1. The third-order valence-corrected chi connectivity index (χ3v) is 7.02. The summed E-state index contributed by atoms with van der Waals surface area (Å²) >= 11 is 5.10. The molecule has 2 atom stereocenters. The van der Waals surface area contributed by atoms with E-state index in [1.807, 2.05) is 0 Å². The maximum atomic E-state index is 13.3. The number of likely N-dealkylation sites (tertiary alicyclic amines) is 1. The zero-order valence-electron chi connectivity index (χ0n) is 15.3. The lowest BCUT2D eigenvalue weighted by molar-refractivity contribution is -0.144. The molecule has 0 bridgehead atoms. The molecule has 160 valence electrons. The van der Waals surface area contributed by atoms with Crippen LogP contribution in [0.3, 0.4) is 0 Å². The fraction of sp³-hybridized carbons (Fsp3) is 0.471. The first kappa shape index (κ1) is 23.2. The van der Waals surface area contributed by atoms with Crippen LogP contribution in [0.4, 0.5) is 17.6 Å². The molecule has 0 radical (unpaired) electrons. The average Bonchev–Trinajstić information content (AvgIpc) is 3.05. The maximum absolute atomic E-state index is 13.3. The first-order chi connectivity index (χ1) is 13.3. The topological polar surface area (TPSA) is 80.8 Å². The molecule has 0 aromatic heterocycles. The van der Waals surface area contributed by atoms with E-state index in [2.05, 4.69) is 4.74 Å². The molecular weight excluding hydrogens is 438 g/mol. The molecule has 1 aliphatic rings.